The molecule has 0 aromatic rings. The number of allylic oxidation sites excluding steroid dienone is 7. The van der Waals surface area contributed by atoms with Gasteiger partial charge in [0.2, 0.25) is 5.91 Å². The number of esters is 1. The highest BCUT2D eigenvalue weighted by Gasteiger charge is 2.30. The molecule has 9 nitrogen and oxygen atoms in total. The van der Waals surface area contributed by atoms with Crippen molar-refractivity contribution >= 4 is 19.7 Å². The van der Waals surface area contributed by atoms with E-state index < -0.39 is 20.0 Å². The fraction of sp³-hybridized carbons (Fsp3) is 0.828. The fourth-order valence-corrected chi connectivity index (χ4v) is 8.91. The third kappa shape index (κ3) is 49.0. The summed E-state index contributed by atoms with van der Waals surface area (Å²) < 4.78 is 30.6. The Labute approximate surface area is 420 Å². The molecule has 0 saturated carbocycles. The molecular weight excluding hydrogens is 868 g/mol. The number of carbonyl (C=O) groups is 2. The van der Waals surface area contributed by atoms with Crippen molar-refractivity contribution in [3.63, 3.8) is 0 Å². The smallest absolute Gasteiger partial charge is 0.456 e. The lowest BCUT2D eigenvalue weighted by Crippen LogP contribution is -2.47. The molecular formula is C58H110N2O7P+. The summed E-state index contributed by atoms with van der Waals surface area (Å²) >= 11 is 0. The van der Waals surface area contributed by atoms with E-state index in [0.29, 0.717) is 23.9 Å². The first kappa shape index (κ1) is 66.0. The second kappa shape index (κ2) is 48.6. The molecule has 0 aliphatic rings. The standard InChI is InChI=1S/C58H109N2O7P/c1-7-10-13-16-19-22-25-28-29-30-31-33-36-39-42-45-48-51-58(62)67-56(49-46-43-40-37-34-27-24-21-18-15-12-9-3)55(54-66-68(63,64)65-53-52-60(4,5)6)59-57(61)50-47-44-41-38-35-32-26-23-20-17-14-11-8-2/h11,14,17,20,23,26,46,49,55-56H,7-10,12-13,15-16,18-19,21-22,24-25,27-45,47-48,50-54H2,1-6H3,(H-,59,61,63,64)/p+1/b14-11+,20-17+,26-23-,49-46+. The van der Waals surface area contributed by atoms with Crippen LogP contribution in [0.1, 0.15) is 258 Å². The van der Waals surface area contributed by atoms with E-state index >= 15 is 0 Å². The molecule has 68 heavy (non-hydrogen) atoms. The van der Waals surface area contributed by atoms with Crippen LogP contribution in [0.4, 0.5) is 0 Å². The normalized spacial score (nSPS) is 14.2. The predicted molar refractivity (Wildman–Crippen MR) is 291 cm³/mol. The average Bonchev–Trinajstić information content (AvgIpc) is 3.29. The molecule has 2 N–H and O–H groups in total. The molecule has 3 atom stereocenters. The zero-order chi connectivity index (χ0) is 50.1. The number of likely N-dealkylation sites (N-methyl/N-ethyl adjacent to an activating group) is 1. The minimum atomic E-state index is -4.44. The van der Waals surface area contributed by atoms with Gasteiger partial charge in [0.15, 0.2) is 0 Å². The van der Waals surface area contributed by atoms with Gasteiger partial charge in [-0.25, -0.2) is 4.57 Å². The monoisotopic (exact) mass is 978 g/mol. The molecule has 3 unspecified atom stereocenters. The lowest BCUT2D eigenvalue weighted by molar-refractivity contribution is -0.870. The first-order chi connectivity index (χ1) is 32.9. The van der Waals surface area contributed by atoms with E-state index in [9.17, 15) is 19.0 Å². The third-order valence-electron chi connectivity index (χ3n) is 12.6. The summed E-state index contributed by atoms with van der Waals surface area (Å²) in [5, 5.41) is 3.03. The molecule has 0 heterocycles. The molecule has 0 fully saturated rings. The van der Waals surface area contributed by atoms with Gasteiger partial charge < -0.3 is 19.4 Å². The van der Waals surface area contributed by atoms with Gasteiger partial charge in [0, 0.05) is 12.8 Å². The van der Waals surface area contributed by atoms with Gasteiger partial charge >= 0.3 is 13.8 Å². The number of rotatable bonds is 51. The van der Waals surface area contributed by atoms with E-state index in [-0.39, 0.29) is 25.1 Å². The summed E-state index contributed by atoms with van der Waals surface area (Å²) in [4.78, 5) is 37.5. The van der Waals surface area contributed by atoms with E-state index in [1.165, 1.54) is 141 Å². The molecule has 0 rings (SSSR count). The molecule has 0 saturated heterocycles. The number of phosphoric acid groups is 1. The number of ether oxygens (including phenoxy) is 1. The van der Waals surface area contributed by atoms with Crippen LogP contribution in [0.25, 0.3) is 0 Å². The molecule has 0 spiro atoms. The van der Waals surface area contributed by atoms with Crippen molar-refractivity contribution in [1.82, 2.24) is 5.32 Å². The van der Waals surface area contributed by atoms with Crippen LogP contribution in [-0.2, 0) is 27.9 Å². The van der Waals surface area contributed by atoms with Gasteiger partial charge in [-0.05, 0) is 51.0 Å². The second-order valence-electron chi connectivity index (χ2n) is 20.5. The molecule has 10 heteroatoms. The van der Waals surface area contributed by atoms with Gasteiger partial charge in [-0.2, -0.15) is 0 Å². The SMILES string of the molecule is CC/C=C/C=C/C=C\CCCCCCCC(=O)NC(COP(=O)(O)OCC[N+](C)(C)C)C(/C=C/CCCCCCCCCCCC)OC(=O)CCCCCCCCCCCCCCCCCCC. The highest BCUT2D eigenvalue weighted by atomic mass is 31.2. The Kier molecular flexibility index (Phi) is 47.1. The van der Waals surface area contributed by atoms with Crippen molar-refractivity contribution in [3.05, 3.63) is 48.6 Å². The Bertz CT molecular complexity index is 1310. The molecule has 398 valence electrons. The summed E-state index contributed by atoms with van der Waals surface area (Å²) in [5.74, 6) is -0.522. The summed E-state index contributed by atoms with van der Waals surface area (Å²) in [7, 11) is 1.48. The first-order valence-electron chi connectivity index (χ1n) is 28.5. The van der Waals surface area contributed by atoms with Gasteiger partial charge in [0.1, 0.15) is 19.3 Å². The number of phosphoric ester groups is 1. The zero-order valence-electron chi connectivity index (χ0n) is 45.3. The quantitative estimate of drug-likeness (QED) is 0.0156. The number of nitrogens with one attached hydrogen (secondary N) is 1. The van der Waals surface area contributed by atoms with Crippen LogP contribution in [0.15, 0.2) is 48.6 Å². The molecule has 0 aliphatic heterocycles. The van der Waals surface area contributed by atoms with Crippen LogP contribution < -0.4 is 5.32 Å². The number of nitrogens with zero attached hydrogens (tertiary/aromatic N) is 1. The Morgan fingerprint density at radius 1 is 0.529 bits per heavy atom. The molecule has 0 radical (unpaired) electrons. The van der Waals surface area contributed by atoms with E-state index in [4.69, 9.17) is 13.8 Å². The average molecular weight is 978 g/mol. The summed E-state index contributed by atoms with van der Waals surface area (Å²) in [5.41, 5.74) is 0. The Hall–Kier alpha value is -2.03. The first-order valence-corrected chi connectivity index (χ1v) is 30.0. The second-order valence-corrected chi connectivity index (χ2v) is 22.0. The lowest BCUT2D eigenvalue weighted by Gasteiger charge is -2.27. The van der Waals surface area contributed by atoms with E-state index in [2.05, 4.69) is 62.5 Å². The van der Waals surface area contributed by atoms with E-state index in [1.54, 1.807) is 0 Å². The summed E-state index contributed by atoms with van der Waals surface area (Å²) in [6.07, 6.45) is 58.2. The summed E-state index contributed by atoms with van der Waals surface area (Å²) in [6, 6.07) is -0.855. The molecule has 1 amide bonds. The number of quaternary nitrogens is 1. The van der Waals surface area contributed by atoms with Crippen molar-refractivity contribution in [3.8, 4) is 0 Å². The molecule has 0 aliphatic carbocycles. The fourth-order valence-electron chi connectivity index (χ4n) is 8.18. The van der Waals surface area contributed by atoms with Gasteiger partial charge in [-0.3, -0.25) is 18.6 Å². The number of amides is 1. The molecule has 0 bridgehead atoms. The van der Waals surface area contributed by atoms with Crippen molar-refractivity contribution in [2.45, 2.75) is 270 Å². The maximum absolute atomic E-state index is 13.5. The number of carbonyl (C=O) groups excluding carboxylic acids is 2. The van der Waals surface area contributed by atoms with Gasteiger partial charge in [0.25, 0.3) is 0 Å². The Balaban J connectivity index is 5.34. The van der Waals surface area contributed by atoms with E-state index in [1.807, 2.05) is 33.3 Å². The topological polar surface area (TPSA) is 111 Å². The maximum atomic E-state index is 13.5. The van der Waals surface area contributed by atoms with Crippen LogP contribution in [0.2, 0.25) is 0 Å². The zero-order valence-corrected chi connectivity index (χ0v) is 46.2. The lowest BCUT2D eigenvalue weighted by atomic mass is 10.0. The predicted octanol–water partition coefficient (Wildman–Crippen LogP) is 16.9. The highest BCUT2D eigenvalue weighted by molar-refractivity contribution is 7.47. The van der Waals surface area contributed by atoms with Crippen LogP contribution >= 0.6 is 7.82 Å². The van der Waals surface area contributed by atoms with Gasteiger partial charge in [-0.1, -0.05) is 243 Å². The largest absolute Gasteiger partial charge is 0.472 e. The van der Waals surface area contributed by atoms with Crippen LogP contribution in [-0.4, -0.2) is 74.3 Å². The minimum absolute atomic E-state index is 0.0365. The van der Waals surface area contributed by atoms with Gasteiger partial charge in [-0.15, -0.1) is 0 Å². The van der Waals surface area contributed by atoms with Crippen molar-refractivity contribution in [2.75, 3.05) is 40.9 Å². The van der Waals surface area contributed by atoms with Crippen LogP contribution in [0.3, 0.4) is 0 Å². The molecule has 0 aromatic carbocycles. The van der Waals surface area contributed by atoms with Crippen LogP contribution in [0, 0.1) is 0 Å². The number of unbranched alkanes of at least 4 members (excludes halogenated alkanes) is 31. The van der Waals surface area contributed by atoms with Gasteiger partial charge in [0.05, 0.1) is 33.8 Å². The van der Waals surface area contributed by atoms with Crippen LogP contribution in [0.5, 0.6) is 0 Å². The highest BCUT2D eigenvalue weighted by Crippen LogP contribution is 2.43. The number of hydrogen-bond donors (Lipinski definition) is 2. The Morgan fingerprint density at radius 2 is 0.941 bits per heavy atom. The van der Waals surface area contributed by atoms with Crippen molar-refractivity contribution in [1.29, 1.82) is 0 Å². The van der Waals surface area contributed by atoms with Crippen molar-refractivity contribution < 1.29 is 37.3 Å². The third-order valence-corrected chi connectivity index (χ3v) is 13.6. The Morgan fingerprint density at radius 3 is 1.40 bits per heavy atom. The van der Waals surface area contributed by atoms with Crippen molar-refractivity contribution in [2.24, 2.45) is 0 Å². The van der Waals surface area contributed by atoms with E-state index in [0.717, 1.165) is 83.5 Å². The molecule has 0 aromatic heterocycles. The maximum Gasteiger partial charge on any atom is 0.472 e. The summed E-state index contributed by atoms with van der Waals surface area (Å²) in [6.45, 7) is 6.87. The number of hydrogen-bond acceptors (Lipinski definition) is 6. The minimum Gasteiger partial charge on any atom is -0.456 e.